The number of hydrogen-bond donors (Lipinski definition) is 1. The Morgan fingerprint density at radius 3 is 3.00 bits per heavy atom. The van der Waals surface area contributed by atoms with E-state index in [0.717, 1.165) is 5.75 Å². The quantitative estimate of drug-likeness (QED) is 0.206. The van der Waals surface area contributed by atoms with Gasteiger partial charge in [-0.1, -0.05) is 6.08 Å². The second kappa shape index (κ2) is 9.11. The van der Waals surface area contributed by atoms with Crippen LogP contribution in [-0.2, 0) is 14.2 Å². The Kier molecular flexibility index (Phi) is 8.82. The van der Waals surface area contributed by atoms with Gasteiger partial charge in [-0.05, 0) is 0 Å². The predicted octanol–water partition coefficient (Wildman–Crippen LogP) is 0.151. The third-order valence-electron chi connectivity index (χ3n) is 1.53. The molecule has 4 nitrogen and oxygen atoms in total. The third-order valence-corrected chi connectivity index (χ3v) is 2.64. The van der Waals surface area contributed by atoms with Crippen molar-refractivity contribution >= 4 is 25.2 Å². The van der Waals surface area contributed by atoms with E-state index < -0.39 is 0 Å². The van der Waals surface area contributed by atoms with E-state index >= 15 is 0 Å². The number of carbonyl (C=O) groups excluding carboxylic acids is 1. The largest absolute Gasteiger partial charge is 0.469 e. The van der Waals surface area contributed by atoms with Gasteiger partial charge in [-0.15, -0.1) is 6.58 Å². The molecule has 80 valence electrons. The lowest BCUT2D eigenvalue weighted by Crippen LogP contribution is -2.23. The van der Waals surface area contributed by atoms with E-state index in [1.807, 2.05) is 0 Å². The summed E-state index contributed by atoms with van der Waals surface area (Å²) in [6.45, 7) is 3.72. The van der Waals surface area contributed by atoms with Crippen molar-refractivity contribution in [1.29, 1.82) is 0 Å². The van der Waals surface area contributed by atoms with Crippen LogP contribution in [0.1, 0.15) is 0 Å². The number of methoxy groups -OCH3 is 1. The van der Waals surface area contributed by atoms with E-state index in [4.69, 9.17) is 10.4 Å². The van der Waals surface area contributed by atoms with Crippen LogP contribution in [0, 0.1) is 0 Å². The van der Waals surface area contributed by atoms with Gasteiger partial charge in [-0.25, -0.2) is 0 Å². The third kappa shape index (κ3) is 6.07. The molecular formula is C8H16BNO3S. The van der Waals surface area contributed by atoms with Gasteiger partial charge < -0.3 is 15.1 Å². The molecular weight excluding hydrogens is 201 g/mol. The minimum Gasteiger partial charge on any atom is -0.469 e. The first-order chi connectivity index (χ1) is 6.76. The van der Waals surface area contributed by atoms with Gasteiger partial charge in [0.15, 0.2) is 0 Å². The molecule has 0 aliphatic carbocycles. The minimum absolute atomic E-state index is 0.125. The first-order valence-corrected chi connectivity index (χ1v) is 5.46. The Morgan fingerprint density at radius 1 is 1.79 bits per heavy atom. The fourth-order valence-corrected chi connectivity index (χ4v) is 1.67. The molecule has 0 aromatic heterocycles. The molecule has 0 aromatic rings. The van der Waals surface area contributed by atoms with Crippen LogP contribution in [-0.4, -0.2) is 38.8 Å². The first kappa shape index (κ1) is 13.5. The van der Waals surface area contributed by atoms with Crippen LogP contribution in [0.3, 0.4) is 0 Å². The molecule has 0 aliphatic heterocycles. The van der Waals surface area contributed by atoms with Gasteiger partial charge in [0.2, 0.25) is 0 Å². The number of esters is 1. The summed E-state index contributed by atoms with van der Waals surface area (Å²) in [5.74, 6) is 0.984. The van der Waals surface area contributed by atoms with Crippen LogP contribution in [0.2, 0.25) is 5.82 Å². The average Bonchev–Trinajstić information content (AvgIpc) is 2.22. The smallest absolute Gasteiger partial charge is 0.304 e. The van der Waals surface area contributed by atoms with E-state index in [9.17, 15) is 4.79 Å². The molecule has 0 unspecified atom stereocenters. The molecule has 0 aromatic carbocycles. The highest BCUT2D eigenvalue weighted by Crippen LogP contribution is 2.14. The Bertz CT molecular complexity index is 180. The Morgan fingerprint density at radius 2 is 2.50 bits per heavy atom. The van der Waals surface area contributed by atoms with Crippen molar-refractivity contribution in [3.05, 3.63) is 12.7 Å². The van der Waals surface area contributed by atoms with Crippen molar-refractivity contribution in [2.45, 2.75) is 5.82 Å². The lowest BCUT2D eigenvalue weighted by molar-refractivity contribution is -0.140. The number of ether oxygens (including phenoxy) is 1. The summed E-state index contributed by atoms with van der Waals surface area (Å²) in [6, 6.07) is 0. The molecule has 1 atom stereocenters. The zero-order valence-electron chi connectivity index (χ0n) is 8.40. The van der Waals surface area contributed by atoms with Crippen LogP contribution < -0.4 is 5.73 Å². The molecule has 0 fully saturated rings. The molecule has 0 saturated carbocycles. The summed E-state index contributed by atoms with van der Waals surface area (Å²) in [6.07, 6.45) is 1.79. The maximum absolute atomic E-state index is 11.2. The van der Waals surface area contributed by atoms with Crippen LogP contribution in [0.4, 0.5) is 0 Å². The highest BCUT2D eigenvalue weighted by Gasteiger charge is 2.20. The fourth-order valence-electron chi connectivity index (χ4n) is 0.855. The Hall–Kier alpha value is -0.455. The molecule has 0 heterocycles. The summed E-state index contributed by atoms with van der Waals surface area (Å²) >= 11 is 1.62. The van der Waals surface area contributed by atoms with E-state index in [0.29, 0.717) is 13.2 Å². The lowest BCUT2D eigenvalue weighted by Gasteiger charge is -2.11. The van der Waals surface area contributed by atoms with Gasteiger partial charge in [0.1, 0.15) is 0 Å². The average molecular weight is 217 g/mol. The van der Waals surface area contributed by atoms with Crippen molar-refractivity contribution < 1.29 is 14.2 Å². The zero-order chi connectivity index (χ0) is 10.8. The van der Waals surface area contributed by atoms with Crippen LogP contribution in [0.5, 0.6) is 0 Å². The summed E-state index contributed by atoms with van der Waals surface area (Å²) in [5.41, 5.74) is 5.18. The van der Waals surface area contributed by atoms with Gasteiger partial charge >= 0.3 is 5.97 Å². The van der Waals surface area contributed by atoms with Crippen molar-refractivity contribution in [3.63, 3.8) is 0 Å². The normalized spacial score (nSPS) is 11.9. The minimum atomic E-state index is -0.255. The number of carbonyl (C=O) groups is 1. The molecule has 0 rings (SSSR count). The SMILES string of the molecule is C=CCSC[C@H](BOCN)C(=O)OC. The topological polar surface area (TPSA) is 61.5 Å². The number of nitrogens with two attached hydrogens (primary N) is 1. The maximum atomic E-state index is 11.2. The van der Waals surface area contributed by atoms with Crippen molar-refractivity contribution in [2.75, 3.05) is 25.3 Å². The van der Waals surface area contributed by atoms with E-state index in [1.165, 1.54) is 7.11 Å². The second-order valence-corrected chi connectivity index (χ2v) is 3.66. The summed E-state index contributed by atoms with van der Waals surface area (Å²) in [5, 5.41) is 0. The Balaban J connectivity index is 3.83. The van der Waals surface area contributed by atoms with Gasteiger partial charge in [-0.2, -0.15) is 11.8 Å². The molecule has 6 heteroatoms. The highest BCUT2D eigenvalue weighted by molar-refractivity contribution is 7.99. The fraction of sp³-hybridized carbons (Fsp3) is 0.625. The first-order valence-electron chi connectivity index (χ1n) is 4.30. The van der Waals surface area contributed by atoms with Gasteiger partial charge in [0.25, 0.3) is 7.48 Å². The van der Waals surface area contributed by atoms with E-state index in [1.54, 1.807) is 17.8 Å². The summed E-state index contributed by atoms with van der Waals surface area (Å²) in [7, 11) is 1.68. The summed E-state index contributed by atoms with van der Waals surface area (Å²) < 4.78 is 9.63. The van der Waals surface area contributed by atoms with Crippen LogP contribution in [0.25, 0.3) is 0 Å². The molecule has 2 N–H and O–H groups in total. The molecule has 14 heavy (non-hydrogen) atoms. The molecule has 0 radical (unpaired) electrons. The summed E-state index contributed by atoms with van der Waals surface area (Å²) in [4.78, 5) is 11.2. The van der Waals surface area contributed by atoms with E-state index in [2.05, 4.69) is 11.3 Å². The molecule has 0 amide bonds. The second-order valence-electron chi connectivity index (χ2n) is 2.58. The van der Waals surface area contributed by atoms with Gasteiger partial charge in [0.05, 0.1) is 19.7 Å². The van der Waals surface area contributed by atoms with E-state index in [-0.39, 0.29) is 18.5 Å². The van der Waals surface area contributed by atoms with Crippen LogP contribution in [0.15, 0.2) is 12.7 Å². The monoisotopic (exact) mass is 217 g/mol. The molecule has 0 aliphatic rings. The number of hydrogen-bond acceptors (Lipinski definition) is 5. The van der Waals surface area contributed by atoms with Gasteiger partial charge in [0, 0.05) is 11.5 Å². The standard InChI is InChI=1S/C8H16BNO3S/c1-3-4-14-5-7(8(11)12-2)9-13-6-10/h3,7,9H,1,4-6,10H2,2H3/t7-/m0/s1. The maximum Gasteiger partial charge on any atom is 0.304 e. The van der Waals surface area contributed by atoms with Crippen molar-refractivity contribution in [1.82, 2.24) is 0 Å². The van der Waals surface area contributed by atoms with Crippen molar-refractivity contribution in [2.24, 2.45) is 5.73 Å². The van der Waals surface area contributed by atoms with Gasteiger partial charge in [-0.3, -0.25) is 4.79 Å². The number of thioether (sulfide) groups is 1. The van der Waals surface area contributed by atoms with Crippen LogP contribution >= 0.6 is 11.8 Å². The lowest BCUT2D eigenvalue weighted by atomic mass is 9.82. The zero-order valence-corrected chi connectivity index (χ0v) is 9.22. The molecule has 0 saturated heterocycles. The molecule has 0 spiro atoms. The highest BCUT2D eigenvalue weighted by atomic mass is 32.2. The number of rotatable bonds is 8. The molecule has 0 bridgehead atoms. The van der Waals surface area contributed by atoms with Crippen molar-refractivity contribution in [3.8, 4) is 0 Å². The predicted molar refractivity (Wildman–Crippen MR) is 60.6 cm³/mol. The Labute approximate surface area is 89.5 Å².